The van der Waals surface area contributed by atoms with Crippen LogP contribution >= 0.6 is 0 Å². The lowest BCUT2D eigenvalue weighted by Crippen LogP contribution is -2.38. The highest BCUT2D eigenvalue weighted by atomic mass is 16.4. The van der Waals surface area contributed by atoms with Gasteiger partial charge in [0.1, 0.15) is 6.33 Å². The number of piperidine rings is 1. The van der Waals surface area contributed by atoms with Crippen LogP contribution < -0.4 is 4.90 Å². The van der Waals surface area contributed by atoms with E-state index in [1.807, 2.05) is 7.05 Å². The molecule has 3 aliphatic heterocycles. The van der Waals surface area contributed by atoms with Gasteiger partial charge in [-0.05, 0) is 12.8 Å². The second-order valence-corrected chi connectivity index (χ2v) is 5.40. The van der Waals surface area contributed by atoms with E-state index in [-0.39, 0.29) is 0 Å². The number of nitrogens with zero attached hydrogens (tertiary/aromatic N) is 7. The largest absolute Gasteiger partial charge is 0.400 e. The Morgan fingerprint density at radius 1 is 1.15 bits per heavy atom. The van der Waals surface area contributed by atoms with Gasteiger partial charge >= 0.3 is 6.01 Å². The fourth-order valence-corrected chi connectivity index (χ4v) is 3.00. The van der Waals surface area contributed by atoms with Crippen LogP contribution in [0.5, 0.6) is 0 Å². The van der Waals surface area contributed by atoms with E-state index in [2.05, 4.69) is 30.1 Å². The summed E-state index contributed by atoms with van der Waals surface area (Å²) in [7, 11) is 1.82. The molecule has 5 heterocycles. The van der Waals surface area contributed by atoms with Crippen molar-refractivity contribution in [1.29, 1.82) is 0 Å². The fraction of sp³-hybridized carbons (Fsp3) is 0.667. The third-order valence-electron chi connectivity index (χ3n) is 4.11. The first kappa shape index (κ1) is 11.8. The van der Waals surface area contributed by atoms with Gasteiger partial charge in [0.2, 0.25) is 5.82 Å². The SMILES string of the molecule is Cn1cnc(-c2nnc(N3CCN4CCC3CC4)o2)n1. The van der Waals surface area contributed by atoms with Crippen LogP contribution in [0.15, 0.2) is 10.7 Å². The molecule has 2 bridgehead atoms. The molecule has 2 aromatic heterocycles. The summed E-state index contributed by atoms with van der Waals surface area (Å²) in [5, 5.41) is 12.5. The summed E-state index contributed by atoms with van der Waals surface area (Å²) in [6.07, 6.45) is 3.96. The van der Waals surface area contributed by atoms with E-state index < -0.39 is 0 Å². The van der Waals surface area contributed by atoms with Crippen LogP contribution in [0.25, 0.3) is 11.7 Å². The Balaban J connectivity index is 1.61. The molecular weight excluding hydrogens is 258 g/mol. The first-order valence-electron chi connectivity index (χ1n) is 6.98. The maximum atomic E-state index is 5.78. The molecule has 3 aliphatic rings. The average Bonchev–Trinajstić information content (AvgIpc) is 3.01. The number of anilines is 1. The van der Waals surface area contributed by atoms with Crippen molar-refractivity contribution < 1.29 is 4.42 Å². The first-order valence-corrected chi connectivity index (χ1v) is 6.98. The minimum atomic E-state index is 0.389. The Bertz CT molecular complexity index is 598. The lowest BCUT2D eigenvalue weighted by molar-refractivity contribution is 0.249. The van der Waals surface area contributed by atoms with Crippen LogP contribution in [0.1, 0.15) is 12.8 Å². The molecule has 8 nitrogen and oxygen atoms in total. The molecule has 20 heavy (non-hydrogen) atoms. The summed E-state index contributed by atoms with van der Waals surface area (Å²) in [5.74, 6) is 0.869. The van der Waals surface area contributed by atoms with E-state index in [4.69, 9.17) is 4.42 Å². The average molecular weight is 275 g/mol. The predicted octanol–water partition coefficient (Wildman–Crippen LogP) is 0.149. The number of fused-ring (bicyclic) bond motifs is 4. The number of aryl methyl sites for hydroxylation is 1. The number of hydrogen-bond acceptors (Lipinski definition) is 7. The summed E-state index contributed by atoms with van der Waals surface area (Å²) in [6, 6.07) is 1.11. The maximum absolute atomic E-state index is 5.78. The molecule has 0 N–H and O–H groups in total. The third kappa shape index (κ3) is 1.96. The Morgan fingerprint density at radius 2 is 2.00 bits per heavy atom. The highest BCUT2D eigenvalue weighted by Gasteiger charge is 2.32. The minimum Gasteiger partial charge on any atom is -0.400 e. The van der Waals surface area contributed by atoms with E-state index in [0.717, 1.165) is 13.1 Å². The van der Waals surface area contributed by atoms with Crippen molar-refractivity contribution in [3.05, 3.63) is 6.33 Å². The lowest BCUT2D eigenvalue weighted by Gasteiger charge is -2.29. The van der Waals surface area contributed by atoms with Gasteiger partial charge in [0.05, 0.1) is 0 Å². The van der Waals surface area contributed by atoms with E-state index in [0.29, 0.717) is 23.8 Å². The zero-order valence-electron chi connectivity index (χ0n) is 11.4. The Morgan fingerprint density at radius 3 is 2.75 bits per heavy atom. The van der Waals surface area contributed by atoms with Gasteiger partial charge in [0.25, 0.3) is 5.89 Å². The van der Waals surface area contributed by atoms with Crippen molar-refractivity contribution in [3.8, 4) is 11.7 Å². The zero-order valence-corrected chi connectivity index (χ0v) is 11.4. The van der Waals surface area contributed by atoms with Crippen molar-refractivity contribution in [2.24, 2.45) is 7.05 Å². The van der Waals surface area contributed by atoms with Gasteiger partial charge in [0, 0.05) is 39.3 Å². The van der Waals surface area contributed by atoms with Crippen molar-refractivity contribution >= 4 is 6.01 Å². The van der Waals surface area contributed by atoms with Gasteiger partial charge in [-0.1, -0.05) is 5.10 Å². The van der Waals surface area contributed by atoms with Gasteiger partial charge in [-0.25, -0.2) is 4.98 Å². The van der Waals surface area contributed by atoms with Crippen LogP contribution in [-0.2, 0) is 7.05 Å². The van der Waals surface area contributed by atoms with Gasteiger partial charge in [0.15, 0.2) is 0 Å². The molecule has 2 aromatic rings. The van der Waals surface area contributed by atoms with Crippen LogP contribution in [0, 0.1) is 0 Å². The highest BCUT2D eigenvalue weighted by molar-refractivity contribution is 5.41. The van der Waals surface area contributed by atoms with Gasteiger partial charge in [-0.3, -0.25) is 4.68 Å². The molecule has 0 aliphatic carbocycles. The number of rotatable bonds is 2. The molecule has 0 aromatic carbocycles. The first-order chi connectivity index (χ1) is 9.79. The summed E-state index contributed by atoms with van der Waals surface area (Å²) in [4.78, 5) is 8.88. The fourth-order valence-electron chi connectivity index (χ4n) is 3.00. The van der Waals surface area contributed by atoms with E-state index >= 15 is 0 Å². The Hall–Kier alpha value is -1.96. The molecule has 0 saturated carbocycles. The summed E-state index contributed by atoms with van der Waals surface area (Å²) in [5.41, 5.74) is 0. The topological polar surface area (TPSA) is 76.1 Å². The van der Waals surface area contributed by atoms with Crippen LogP contribution in [0.2, 0.25) is 0 Å². The van der Waals surface area contributed by atoms with E-state index in [1.165, 1.54) is 25.9 Å². The summed E-state index contributed by atoms with van der Waals surface area (Å²) >= 11 is 0. The third-order valence-corrected chi connectivity index (χ3v) is 4.11. The predicted molar refractivity (Wildman–Crippen MR) is 71.1 cm³/mol. The lowest BCUT2D eigenvalue weighted by atomic mass is 10.1. The minimum absolute atomic E-state index is 0.389. The quantitative estimate of drug-likeness (QED) is 0.772. The maximum Gasteiger partial charge on any atom is 0.318 e. The van der Waals surface area contributed by atoms with Crippen molar-refractivity contribution in [3.63, 3.8) is 0 Å². The van der Waals surface area contributed by atoms with E-state index in [1.54, 1.807) is 11.0 Å². The molecule has 0 amide bonds. The molecular formula is C12H17N7O. The molecule has 106 valence electrons. The van der Waals surface area contributed by atoms with Crippen LogP contribution in [0.3, 0.4) is 0 Å². The second-order valence-electron chi connectivity index (χ2n) is 5.40. The van der Waals surface area contributed by atoms with Crippen LogP contribution in [0.4, 0.5) is 6.01 Å². The van der Waals surface area contributed by atoms with Gasteiger partial charge < -0.3 is 14.2 Å². The molecule has 0 spiro atoms. The second kappa shape index (κ2) is 4.55. The Kier molecular flexibility index (Phi) is 2.69. The van der Waals surface area contributed by atoms with Crippen LogP contribution in [-0.4, -0.2) is 62.1 Å². The summed E-state index contributed by atoms with van der Waals surface area (Å²) in [6.45, 7) is 4.35. The van der Waals surface area contributed by atoms with Gasteiger partial charge in [-0.15, -0.1) is 10.2 Å². The number of hydrogen-bond donors (Lipinski definition) is 0. The monoisotopic (exact) mass is 275 g/mol. The zero-order chi connectivity index (χ0) is 13.5. The highest BCUT2D eigenvalue weighted by Crippen LogP contribution is 2.27. The number of aromatic nitrogens is 5. The standard InChI is InChI=1S/C12H17N7O/c1-17-8-13-10(16-17)11-14-15-12(20-11)19-7-6-18-4-2-9(19)3-5-18/h8-9H,2-7H2,1H3. The molecule has 0 unspecified atom stereocenters. The Labute approximate surface area is 116 Å². The normalized spacial score (nSPS) is 25.9. The smallest absolute Gasteiger partial charge is 0.318 e. The van der Waals surface area contributed by atoms with Crippen molar-refractivity contribution in [1.82, 2.24) is 29.9 Å². The molecule has 8 heteroatoms. The molecule has 5 rings (SSSR count). The summed E-state index contributed by atoms with van der Waals surface area (Å²) < 4.78 is 7.40. The van der Waals surface area contributed by atoms with Gasteiger partial charge in [-0.2, -0.15) is 0 Å². The molecule has 3 saturated heterocycles. The molecule has 0 radical (unpaired) electrons. The van der Waals surface area contributed by atoms with Crippen molar-refractivity contribution in [2.75, 3.05) is 31.1 Å². The molecule has 0 atom stereocenters. The van der Waals surface area contributed by atoms with E-state index in [9.17, 15) is 0 Å². The van der Waals surface area contributed by atoms with Crippen molar-refractivity contribution in [2.45, 2.75) is 18.9 Å². The molecule has 3 fully saturated rings.